The average Bonchev–Trinajstić information content (AvgIpc) is 2.77. The molecule has 180 valence electrons. The predicted molar refractivity (Wildman–Crippen MR) is 118 cm³/mol. The molecular formula is C24H23F4N3O3. The smallest absolute Gasteiger partial charge is 0.322 e. The summed E-state index contributed by atoms with van der Waals surface area (Å²) in [4.78, 5) is 38.2. The number of alkyl halides is 3. The summed E-state index contributed by atoms with van der Waals surface area (Å²) in [5, 5.41) is 0. The van der Waals surface area contributed by atoms with Crippen LogP contribution in [0.3, 0.4) is 0 Å². The molecule has 0 unspecified atom stereocenters. The number of nitrogens with zero attached hydrogens (tertiary/aromatic N) is 2. The molecule has 0 aliphatic rings. The zero-order valence-electron chi connectivity index (χ0n) is 18.5. The molecule has 3 rings (SSSR count). The van der Waals surface area contributed by atoms with E-state index < -0.39 is 47.0 Å². The van der Waals surface area contributed by atoms with Crippen molar-refractivity contribution in [3.05, 3.63) is 103 Å². The highest BCUT2D eigenvalue weighted by Crippen LogP contribution is 2.33. The van der Waals surface area contributed by atoms with Crippen molar-refractivity contribution in [2.45, 2.75) is 45.6 Å². The molecule has 10 heteroatoms. The molecule has 2 aromatic carbocycles. The van der Waals surface area contributed by atoms with Crippen LogP contribution in [-0.2, 0) is 30.5 Å². The monoisotopic (exact) mass is 477 g/mol. The molecule has 0 aliphatic carbocycles. The van der Waals surface area contributed by atoms with Crippen LogP contribution >= 0.6 is 0 Å². The molecule has 0 radical (unpaired) electrons. The summed E-state index contributed by atoms with van der Waals surface area (Å²) in [5.41, 5.74) is 3.06. The van der Waals surface area contributed by atoms with Crippen LogP contribution in [0.4, 0.5) is 17.6 Å². The fraction of sp³-hybridized carbons (Fsp3) is 0.292. The van der Waals surface area contributed by atoms with Crippen molar-refractivity contribution in [2.75, 3.05) is 0 Å². The zero-order valence-corrected chi connectivity index (χ0v) is 18.5. The normalized spacial score (nSPS) is 12.6. The number of ketones is 1. The third-order valence-electron chi connectivity index (χ3n) is 5.58. The largest absolute Gasteiger partial charge is 0.416 e. The van der Waals surface area contributed by atoms with E-state index in [-0.39, 0.29) is 30.0 Å². The number of Topliss-reactive ketones (excluding diaryl/α,β-unsaturated/α-hetero) is 1. The highest BCUT2D eigenvalue weighted by atomic mass is 19.4. The maximum atomic E-state index is 14.5. The van der Waals surface area contributed by atoms with Gasteiger partial charge in [-0.2, -0.15) is 13.2 Å². The highest BCUT2D eigenvalue weighted by molar-refractivity contribution is 5.78. The van der Waals surface area contributed by atoms with Gasteiger partial charge in [-0.25, -0.2) is 9.18 Å². The average molecular weight is 477 g/mol. The van der Waals surface area contributed by atoms with E-state index in [4.69, 9.17) is 5.73 Å². The van der Waals surface area contributed by atoms with Gasteiger partial charge in [0.15, 0.2) is 0 Å². The molecular weight excluding hydrogens is 454 g/mol. The summed E-state index contributed by atoms with van der Waals surface area (Å²) in [7, 11) is 0. The van der Waals surface area contributed by atoms with E-state index in [2.05, 4.69) is 0 Å². The number of aromatic nitrogens is 2. The van der Waals surface area contributed by atoms with Gasteiger partial charge in [0, 0.05) is 29.3 Å². The molecule has 0 aliphatic heterocycles. The van der Waals surface area contributed by atoms with Crippen LogP contribution in [0.5, 0.6) is 0 Å². The molecule has 6 nitrogen and oxygen atoms in total. The highest BCUT2D eigenvalue weighted by Gasteiger charge is 2.35. The maximum absolute atomic E-state index is 14.5. The Morgan fingerprint density at radius 2 is 1.65 bits per heavy atom. The van der Waals surface area contributed by atoms with E-state index in [1.807, 2.05) is 0 Å². The quantitative estimate of drug-likeness (QED) is 0.529. The predicted octanol–water partition coefficient (Wildman–Crippen LogP) is 3.36. The Labute approximate surface area is 192 Å². The first kappa shape index (κ1) is 25.1. The van der Waals surface area contributed by atoms with Crippen molar-refractivity contribution in [1.82, 2.24) is 9.13 Å². The molecule has 1 aromatic heterocycles. The van der Waals surface area contributed by atoms with Crippen LogP contribution in [0.1, 0.15) is 40.9 Å². The zero-order chi connectivity index (χ0) is 25.2. The lowest BCUT2D eigenvalue weighted by Crippen LogP contribution is -2.45. The molecule has 0 fully saturated rings. The number of carbonyl (C=O) groups is 1. The minimum absolute atomic E-state index is 0.00823. The number of rotatable bonds is 7. The summed E-state index contributed by atoms with van der Waals surface area (Å²) < 4.78 is 56.7. The van der Waals surface area contributed by atoms with Gasteiger partial charge in [0.25, 0.3) is 5.56 Å². The van der Waals surface area contributed by atoms with Gasteiger partial charge in [0.1, 0.15) is 11.6 Å². The summed E-state index contributed by atoms with van der Waals surface area (Å²) >= 11 is 0. The van der Waals surface area contributed by atoms with Crippen LogP contribution in [-0.4, -0.2) is 14.9 Å². The summed E-state index contributed by atoms with van der Waals surface area (Å²) in [6.45, 7) is 1.53. The lowest BCUT2D eigenvalue weighted by molar-refractivity contribution is -0.138. The molecule has 1 heterocycles. The Kier molecular flexibility index (Phi) is 7.21. The molecule has 0 amide bonds. The van der Waals surface area contributed by atoms with E-state index in [0.29, 0.717) is 5.56 Å². The lowest BCUT2D eigenvalue weighted by atomic mass is 10.0. The lowest BCUT2D eigenvalue weighted by Gasteiger charge is -2.21. The molecule has 0 saturated heterocycles. The van der Waals surface area contributed by atoms with Crippen molar-refractivity contribution < 1.29 is 22.4 Å². The summed E-state index contributed by atoms with van der Waals surface area (Å²) in [6.07, 6.45) is -5.20. The maximum Gasteiger partial charge on any atom is 0.416 e. The van der Waals surface area contributed by atoms with Crippen LogP contribution in [0.2, 0.25) is 0 Å². The molecule has 0 spiro atoms. The van der Waals surface area contributed by atoms with Gasteiger partial charge < -0.3 is 5.73 Å². The first-order valence-electron chi connectivity index (χ1n) is 10.4. The number of benzene rings is 2. The minimum atomic E-state index is -4.86. The Bertz CT molecular complexity index is 1330. The van der Waals surface area contributed by atoms with Gasteiger partial charge in [-0.1, -0.05) is 36.4 Å². The molecule has 3 aromatic rings. The fourth-order valence-corrected chi connectivity index (χ4v) is 3.80. The van der Waals surface area contributed by atoms with E-state index in [1.54, 1.807) is 30.3 Å². The van der Waals surface area contributed by atoms with Crippen LogP contribution in [0, 0.1) is 12.7 Å². The van der Waals surface area contributed by atoms with Crippen molar-refractivity contribution in [2.24, 2.45) is 5.73 Å². The fourth-order valence-electron chi connectivity index (χ4n) is 3.80. The van der Waals surface area contributed by atoms with E-state index in [1.165, 1.54) is 13.8 Å². The van der Waals surface area contributed by atoms with Gasteiger partial charge in [-0.3, -0.25) is 18.7 Å². The Morgan fingerprint density at radius 1 is 1.00 bits per heavy atom. The van der Waals surface area contributed by atoms with Gasteiger partial charge in [-0.15, -0.1) is 0 Å². The van der Waals surface area contributed by atoms with E-state index in [9.17, 15) is 31.9 Å². The first-order valence-corrected chi connectivity index (χ1v) is 10.4. The van der Waals surface area contributed by atoms with Crippen molar-refractivity contribution >= 4 is 5.78 Å². The topological polar surface area (TPSA) is 87.1 Å². The number of carbonyl (C=O) groups excluding carboxylic acids is 1. The van der Waals surface area contributed by atoms with Gasteiger partial charge >= 0.3 is 11.9 Å². The Balaban J connectivity index is 2.21. The third kappa shape index (κ3) is 5.17. The van der Waals surface area contributed by atoms with Gasteiger partial charge in [-0.05, 0) is 31.5 Å². The summed E-state index contributed by atoms with van der Waals surface area (Å²) in [6, 6.07) is 10.3. The second-order valence-electron chi connectivity index (χ2n) is 8.01. The van der Waals surface area contributed by atoms with E-state index >= 15 is 0 Å². The van der Waals surface area contributed by atoms with Gasteiger partial charge in [0.2, 0.25) is 0 Å². The van der Waals surface area contributed by atoms with Crippen LogP contribution in [0.15, 0.2) is 58.1 Å². The molecule has 2 N–H and O–H groups in total. The number of nitrogens with two attached hydrogens (primary N) is 1. The Morgan fingerprint density at radius 3 is 2.24 bits per heavy atom. The molecule has 0 saturated carbocycles. The van der Waals surface area contributed by atoms with Crippen molar-refractivity contribution in [3.63, 3.8) is 0 Å². The molecule has 34 heavy (non-hydrogen) atoms. The SMILES string of the molecule is CC(=O)Cc1c(C)n(Cc2c(F)cccc2C(F)(F)F)c(=O)n(C[C@H](N)c2ccccc2)c1=O. The van der Waals surface area contributed by atoms with E-state index in [0.717, 1.165) is 27.3 Å². The van der Waals surface area contributed by atoms with Crippen molar-refractivity contribution in [3.8, 4) is 0 Å². The van der Waals surface area contributed by atoms with Crippen LogP contribution < -0.4 is 17.0 Å². The Hall–Kier alpha value is -3.53. The number of hydrogen-bond acceptors (Lipinski definition) is 4. The number of hydrogen-bond donors (Lipinski definition) is 1. The van der Waals surface area contributed by atoms with Gasteiger partial charge in [0.05, 0.1) is 18.7 Å². The third-order valence-corrected chi connectivity index (χ3v) is 5.58. The second kappa shape index (κ2) is 9.76. The number of halogens is 4. The second-order valence-corrected chi connectivity index (χ2v) is 8.01. The first-order chi connectivity index (χ1) is 15.9. The summed E-state index contributed by atoms with van der Waals surface area (Å²) in [5.74, 6) is -1.53. The molecule has 1 atom stereocenters. The van der Waals surface area contributed by atoms with Crippen LogP contribution in [0.25, 0.3) is 0 Å². The van der Waals surface area contributed by atoms with Crippen molar-refractivity contribution in [1.29, 1.82) is 0 Å². The standard InChI is InChI=1S/C24H23F4N3O3/c1-14(32)11-17-15(2)30(12-18-19(24(26,27)28)9-6-10-20(18)25)23(34)31(22(17)33)13-21(29)16-7-4-3-5-8-16/h3-10,21H,11-13,29H2,1-2H3/t21-/m0/s1. The molecule has 0 bridgehead atoms. The minimum Gasteiger partial charge on any atom is -0.322 e.